The first-order valence-corrected chi connectivity index (χ1v) is 17.9. The van der Waals surface area contributed by atoms with Gasteiger partial charge in [0.2, 0.25) is 0 Å². The molecule has 5 nitrogen and oxygen atoms in total. The lowest BCUT2D eigenvalue weighted by molar-refractivity contribution is -0.120. The van der Waals surface area contributed by atoms with Gasteiger partial charge >= 0.3 is 0 Å². The molecular formula is C37H65NO4. The van der Waals surface area contributed by atoms with Crippen molar-refractivity contribution >= 4 is 5.78 Å². The molecule has 0 heterocycles. The van der Waals surface area contributed by atoms with Crippen molar-refractivity contribution in [3.05, 3.63) is 11.6 Å². The minimum Gasteiger partial charge on any atom is -0.379 e. The van der Waals surface area contributed by atoms with Crippen molar-refractivity contribution in [1.82, 2.24) is 0 Å². The van der Waals surface area contributed by atoms with Crippen LogP contribution in [-0.4, -0.2) is 51.5 Å². The highest BCUT2D eigenvalue weighted by atomic mass is 16.5. The van der Waals surface area contributed by atoms with Crippen LogP contribution in [0.2, 0.25) is 0 Å². The van der Waals surface area contributed by atoms with Crippen molar-refractivity contribution in [2.45, 2.75) is 131 Å². The molecule has 3 fully saturated rings. The molecule has 0 saturated heterocycles. The van der Waals surface area contributed by atoms with Gasteiger partial charge in [0, 0.05) is 26.0 Å². The van der Waals surface area contributed by atoms with E-state index in [-0.39, 0.29) is 5.78 Å². The van der Waals surface area contributed by atoms with Crippen LogP contribution in [0.15, 0.2) is 11.6 Å². The molecule has 0 spiro atoms. The molecule has 0 aromatic heterocycles. The Bertz CT molecular complexity index is 872. The minimum absolute atomic E-state index is 0.266. The molecule has 2 N–H and O–H groups in total. The Morgan fingerprint density at radius 3 is 2.45 bits per heavy atom. The van der Waals surface area contributed by atoms with Gasteiger partial charge in [0.05, 0.1) is 32.5 Å². The largest absolute Gasteiger partial charge is 0.379 e. The Kier molecular flexibility index (Phi) is 13.0. The third kappa shape index (κ3) is 8.29. The van der Waals surface area contributed by atoms with Crippen LogP contribution in [0.25, 0.3) is 0 Å². The molecule has 0 aliphatic heterocycles. The zero-order valence-corrected chi connectivity index (χ0v) is 28.0. The molecule has 242 valence electrons. The molecule has 0 bridgehead atoms. The topological polar surface area (TPSA) is 70.8 Å². The molecule has 3 saturated carbocycles. The predicted molar refractivity (Wildman–Crippen MR) is 172 cm³/mol. The summed E-state index contributed by atoms with van der Waals surface area (Å²) in [6.45, 7) is 15.9. The SMILES string of the molecule is CC(C)CCC[C@@H](C)[C@H]1CCC2C3CC=C4C[C@@H](OCCCC(=O)CCOCCOCCN)CC[C@]4(C)C3CC[C@@]21C. The Balaban J connectivity index is 1.20. The predicted octanol–water partition coefficient (Wildman–Crippen LogP) is 8.14. The average molecular weight is 588 g/mol. The Labute approximate surface area is 258 Å². The number of ketones is 1. The maximum atomic E-state index is 12.2. The van der Waals surface area contributed by atoms with Gasteiger partial charge in [0.25, 0.3) is 0 Å². The highest BCUT2D eigenvalue weighted by molar-refractivity contribution is 5.78. The summed E-state index contributed by atoms with van der Waals surface area (Å²) in [6.07, 6.45) is 19.8. The van der Waals surface area contributed by atoms with Gasteiger partial charge in [0.15, 0.2) is 0 Å². The molecule has 5 heteroatoms. The summed E-state index contributed by atoms with van der Waals surface area (Å²) in [4.78, 5) is 12.2. The quantitative estimate of drug-likeness (QED) is 0.129. The van der Waals surface area contributed by atoms with E-state index >= 15 is 0 Å². The Hall–Kier alpha value is -0.750. The number of fused-ring (bicyclic) bond motifs is 5. The summed E-state index contributed by atoms with van der Waals surface area (Å²) in [5, 5.41) is 0. The fourth-order valence-corrected chi connectivity index (χ4v) is 10.0. The standard InChI is InChI=1S/C37H65NO4/c1-27(2)8-6-9-28(3)33-13-14-34-32-12-11-29-26-31(15-18-36(29,4)35(32)16-19-37(33,34)5)42-21-7-10-30(39)17-22-40-24-25-41-23-20-38/h11,27-28,31-35H,6-10,12-26,38H2,1-5H3/t28-,31+,32?,33-,34?,35?,36+,37-/m1/s1. The highest BCUT2D eigenvalue weighted by Gasteiger charge is 2.59. The van der Waals surface area contributed by atoms with Crippen molar-refractivity contribution in [2.75, 3.05) is 39.6 Å². The molecule has 42 heavy (non-hydrogen) atoms. The lowest BCUT2D eigenvalue weighted by Crippen LogP contribution is -2.51. The zero-order chi connectivity index (χ0) is 30.2. The fourth-order valence-electron chi connectivity index (χ4n) is 10.0. The van der Waals surface area contributed by atoms with Gasteiger partial charge in [-0.1, -0.05) is 65.5 Å². The average Bonchev–Trinajstić information content (AvgIpc) is 3.32. The molecule has 4 rings (SSSR count). The number of carbonyl (C=O) groups excluding carboxylic acids is 1. The summed E-state index contributed by atoms with van der Waals surface area (Å²) in [5.74, 6) is 5.57. The van der Waals surface area contributed by atoms with Crippen LogP contribution >= 0.6 is 0 Å². The number of allylic oxidation sites excluding steroid dienone is 1. The number of nitrogens with two attached hydrogens (primary N) is 1. The van der Waals surface area contributed by atoms with Crippen molar-refractivity contribution in [2.24, 2.45) is 52.1 Å². The number of hydrogen-bond donors (Lipinski definition) is 1. The number of carbonyl (C=O) groups is 1. The maximum absolute atomic E-state index is 12.2. The lowest BCUT2D eigenvalue weighted by Gasteiger charge is -2.58. The minimum atomic E-state index is 0.266. The molecular weight excluding hydrogens is 522 g/mol. The van der Waals surface area contributed by atoms with Crippen LogP contribution in [0, 0.1) is 46.3 Å². The number of ether oxygens (including phenoxy) is 3. The van der Waals surface area contributed by atoms with Gasteiger partial charge in [-0.15, -0.1) is 0 Å². The molecule has 0 aromatic rings. The number of Topliss-reactive ketones (excluding diaryl/α,β-unsaturated/α-hetero) is 1. The zero-order valence-electron chi connectivity index (χ0n) is 28.0. The van der Waals surface area contributed by atoms with Gasteiger partial charge in [-0.2, -0.15) is 0 Å². The van der Waals surface area contributed by atoms with E-state index in [9.17, 15) is 4.79 Å². The summed E-state index contributed by atoms with van der Waals surface area (Å²) in [7, 11) is 0. The normalized spacial score (nSPS) is 34.9. The number of hydrogen-bond acceptors (Lipinski definition) is 5. The van der Waals surface area contributed by atoms with Gasteiger partial charge in [-0.3, -0.25) is 4.79 Å². The van der Waals surface area contributed by atoms with E-state index in [1.165, 1.54) is 64.2 Å². The molecule has 3 unspecified atom stereocenters. The van der Waals surface area contributed by atoms with Gasteiger partial charge in [-0.05, 0) is 104 Å². The van der Waals surface area contributed by atoms with Crippen LogP contribution in [0.1, 0.15) is 125 Å². The van der Waals surface area contributed by atoms with Crippen LogP contribution in [-0.2, 0) is 19.0 Å². The third-order valence-electron chi connectivity index (χ3n) is 12.4. The first-order valence-electron chi connectivity index (χ1n) is 17.9. The molecule has 0 aromatic carbocycles. The first-order chi connectivity index (χ1) is 20.2. The maximum Gasteiger partial charge on any atom is 0.135 e. The van der Waals surface area contributed by atoms with E-state index in [4.69, 9.17) is 19.9 Å². The van der Waals surface area contributed by atoms with E-state index in [0.717, 1.165) is 48.3 Å². The van der Waals surface area contributed by atoms with Crippen molar-refractivity contribution in [3.63, 3.8) is 0 Å². The van der Waals surface area contributed by atoms with E-state index < -0.39 is 0 Å². The van der Waals surface area contributed by atoms with E-state index in [2.05, 4.69) is 40.7 Å². The second-order valence-corrected chi connectivity index (χ2v) is 15.4. The molecule has 4 aliphatic carbocycles. The summed E-state index contributed by atoms with van der Waals surface area (Å²) >= 11 is 0. The molecule has 0 radical (unpaired) electrons. The smallest absolute Gasteiger partial charge is 0.135 e. The molecule has 4 aliphatic rings. The van der Waals surface area contributed by atoms with Crippen LogP contribution < -0.4 is 5.73 Å². The van der Waals surface area contributed by atoms with Crippen molar-refractivity contribution in [1.29, 1.82) is 0 Å². The highest BCUT2D eigenvalue weighted by Crippen LogP contribution is 2.67. The van der Waals surface area contributed by atoms with E-state index in [1.807, 2.05) is 0 Å². The van der Waals surface area contributed by atoms with Gasteiger partial charge in [0.1, 0.15) is 5.78 Å². The third-order valence-corrected chi connectivity index (χ3v) is 12.4. The van der Waals surface area contributed by atoms with E-state index in [0.29, 0.717) is 69.4 Å². The van der Waals surface area contributed by atoms with Crippen LogP contribution in [0.5, 0.6) is 0 Å². The van der Waals surface area contributed by atoms with Crippen LogP contribution in [0.3, 0.4) is 0 Å². The van der Waals surface area contributed by atoms with Crippen molar-refractivity contribution < 1.29 is 19.0 Å². The van der Waals surface area contributed by atoms with Gasteiger partial charge in [-0.25, -0.2) is 0 Å². The second-order valence-electron chi connectivity index (χ2n) is 15.4. The van der Waals surface area contributed by atoms with Gasteiger partial charge < -0.3 is 19.9 Å². The number of rotatable bonds is 18. The van der Waals surface area contributed by atoms with E-state index in [1.54, 1.807) is 5.57 Å². The first kappa shape index (κ1) is 34.1. The summed E-state index contributed by atoms with van der Waals surface area (Å²) in [5.41, 5.74) is 8.02. The Morgan fingerprint density at radius 2 is 1.69 bits per heavy atom. The monoisotopic (exact) mass is 587 g/mol. The fraction of sp³-hybridized carbons (Fsp3) is 0.919. The van der Waals surface area contributed by atoms with Crippen molar-refractivity contribution in [3.8, 4) is 0 Å². The summed E-state index contributed by atoms with van der Waals surface area (Å²) < 4.78 is 17.1. The second kappa shape index (κ2) is 16.0. The summed E-state index contributed by atoms with van der Waals surface area (Å²) in [6, 6.07) is 0. The Morgan fingerprint density at radius 1 is 0.905 bits per heavy atom. The van der Waals surface area contributed by atoms with Crippen LogP contribution in [0.4, 0.5) is 0 Å². The molecule has 0 amide bonds. The molecule has 8 atom stereocenters. The lowest BCUT2D eigenvalue weighted by atomic mass is 9.47.